The molecule has 6 heteroatoms. The predicted octanol–water partition coefficient (Wildman–Crippen LogP) is 4.77. The van der Waals surface area contributed by atoms with Crippen LogP contribution in [0.2, 0.25) is 5.02 Å². The second kappa shape index (κ2) is 6.37. The van der Waals surface area contributed by atoms with Crippen LogP contribution in [0.3, 0.4) is 0 Å². The topological polar surface area (TPSA) is 37.8 Å². The molecule has 19 heavy (non-hydrogen) atoms. The maximum absolute atomic E-state index is 5.96. The van der Waals surface area contributed by atoms with Gasteiger partial charge in [0.15, 0.2) is 5.82 Å². The molecule has 0 atom stereocenters. The van der Waals surface area contributed by atoms with Gasteiger partial charge in [0, 0.05) is 22.1 Å². The van der Waals surface area contributed by atoms with Crippen LogP contribution in [0, 0.1) is 3.57 Å². The maximum Gasteiger partial charge on any atom is 0.162 e. The molecule has 0 saturated heterocycles. The molecule has 0 bridgehead atoms. The molecule has 0 aliphatic rings. The van der Waals surface area contributed by atoms with Gasteiger partial charge in [-0.2, -0.15) is 0 Å². The molecule has 0 amide bonds. The first kappa shape index (κ1) is 15.0. The zero-order valence-electron chi connectivity index (χ0n) is 10.5. The Morgan fingerprint density at radius 2 is 2.11 bits per heavy atom. The van der Waals surface area contributed by atoms with E-state index >= 15 is 0 Å². The van der Waals surface area contributed by atoms with Crippen LogP contribution in [0.1, 0.15) is 12.6 Å². The average molecular weight is 453 g/mol. The highest BCUT2D eigenvalue weighted by Gasteiger charge is 2.13. The molecular formula is C13H12BrClIN3. The average Bonchev–Trinajstić information content (AvgIpc) is 2.39. The first-order chi connectivity index (χ1) is 9.06. The zero-order chi connectivity index (χ0) is 14.0. The molecule has 0 unspecified atom stereocenters. The normalized spacial score (nSPS) is 10.6. The van der Waals surface area contributed by atoms with Crippen molar-refractivity contribution >= 4 is 55.9 Å². The van der Waals surface area contributed by atoms with E-state index in [4.69, 9.17) is 11.6 Å². The summed E-state index contributed by atoms with van der Waals surface area (Å²) in [6, 6.07) is 5.62. The molecule has 0 radical (unpaired) electrons. The number of nitrogens with one attached hydrogen (secondary N) is 1. The minimum atomic E-state index is 0.686. The molecule has 0 fully saturated rings. The Kier molecular flexibility index (Phi) is 5.03. The van der Waals surface area contributed by atoms with Crippen LogP contribution in [0.15, 0.2) is 22.7 Å². The summed E-state index contributed by atoms with van der Waals surface area (Å²) in [6.45, 7) is 2.09. The number of hydrogen-bond donors (Lipinski definition) is 1. The van der Waals surface area contributed by atoms with Crippen molar-refractivity contribution in [1.82, 2.24) is 9.97 Å². The summed E-state index contributed by atoms with van der Waals surface area (Å²) < 4.78 is 1.96. The van der Waals surface area contributed by atoms with E-state index in [2.05, 4.69) is 60.7 Å². The quantitative estimate of drug-likeness (QED) is 0.682. The second-order valence-corrected chi connectivity index (χ2v) is 6.25. The fraction of sp³-hybridized carbons (Fsp3) is 0.231. The molecule has 1 N–H and O–H groups in total. The summed E-state index contributed by atoms with van der Waals surface area (Å²) in [4.78, 5) is 9.19. The van der Waals surface area contributed by atoms with Gasteiger partial charge in [0.1, 0.15) is 5.82 Å². The number of halogens is 3. The van der Waals surface area contributed by atoms with E-state index in [-0.39, 0.29) is 0 Å². The van der Waals surface area contributed by atoms with E-state index in [0.717, 1.165) is 31.5 Å². The van der Waals surface area contributed by atoms with Crippen molar-refractivity contribution < 1.29 is 0 Å². The van der Waals surface area contributed by atoms with Crippen molar-refractivity contribution in [2.75, 3.05) is 12.4 Å². The molecule has 3 nitrogen and oxygen atoms in total. The summed E-state index contributed by atoms with van der Waals surface area (Å²) >= 11 is 11.7. The fourth-order valence-electron chi connectivity index (χ4n) is 1.68. The predicted molar refractivity (Wildman–Crippen MR) is 91.8 cm³/mol. The third-order valence-corrected chi connectivity index (χ3v) is 4.69. The second-order valence-electron chi connectivity index (χ2n) is 3.88. The minimum Gasteiger partial charge on any atom is -0.372 e. The lowest BCUT2D eigenvalue weighted by molar-refractivity contribution is 0.989. The molecule has 2 aromatic rings. The maximum atomic E-state index is 5.96. The molecule has 2 rings (SSSR count). The smallest absolute Gasteiger partial charge is 0.162 e. The lowest BCUT2D eigenvalue weighted by Crippen LogP contribution is -2.05. The van der Waals surface area contributed by atoms with Gasteiger partial charge in [0.05, 0.1) is 9.26 Å². The van der Waals surface area contributed by atoms with Crippen molar-refractivity contribution in [1.29, 1.82) is 0 Å². The minimum absolute atomic E-state index is 0.686. The first-order valence-corrected chi connectivity index (χ1v) is 8.01. The van der Waals surface area contributed by atoms with Crippen LogP contribution >= 0.6 is 50.1 Å². The van der Waals surface area contributed by atoms with Gasteiger partial charge in [-0.3, -0.25) is 0 Å². The monoisotopic (exact) mass is 451 g/mol. The summed E-state index contributed by atoms with van der Waals surface area (Å²) in [5.74, 6) is 1.55. The molecule has 0 aliphatic heterocycles. The van der Waals surface area contributed by atoms with Gasteiger partial charge in [-0.1, -0.05) is 18.5 Å². The Balaban J connectivity index is 2.62. The summed E-state index contributed by atoms with van der Waals surface area (Å²) in [5.41, 5.74) is 1.98. The van der Waals surface area contributed by atoms with E-state index < -0.39 is 0 Å². The molecule has 0 aliphatic carbocycles. The number of aromatic nitrogens is 2. The van der Waals surface area contributed by atoms with Crippen molar-refractivity contribution in [3.63, 3.8) is 0 Å². The van der Waals surface area contributed by atoms with Crippen LogP contribution < -0.4 is 5.32 Å². The Bertz CT molecular complexity index is 594. The van der Waals surface area contributed by atoms with Gasteiger partial charge < -0.3 is 5.32 Å². The highest BCUT2D eigenvalue weighted by molar-refractivity contribution is 14.1. The largest absolute Gasteiger partial charge is 0.372 e. The van der Waals surface area contributed by atoms with E-state index in [1.54, 1.807) is 0 Å². The first-order valence-electron chi connectivity index (χ1n) is 5.76. The van der Waals surface area contributed by atoms with E-state index in [1.165, 1.54) is 0 Å². The standard InChI is InChI=1S/C13H12BrClIN3/c1-3-10-11(16)13(17-2)19-12(18-10)8-5-4-7(15)6-9(8)14/h4-6H,3H2,1-2H3,(H,17,18,19). The van der Waals surface area contributed by atoms with Crippen LogP contribution in [-0.2, 0) is 6.42 Å². The van der Waals surface area contributed by atoms with Crippen molar-refractivity contribution in [3.8, 4) is 11.4 Å². The lowest BCUT2D eigenvalue weighted by Gasteiger charge is -2.11. The van der Waals surface area contributed by atoms with Crippen LogP contribution in [0.5, 0.6) is 0 Å². The highest BCUT2D eigenvalue weighted by Crippen LogP contribution is 2.31. The molecule has 1 aromatic carbocycles. The Morgan fingerprint density at radius 3 is 2.68 bits per heavy atom. The Hall–Kier alpha value is -0.400. The third-order valence-electron chi connectivity index (χ3n) is 2.66. The summed E-state index contributed by atoms with van der Waals surface area (Å²) in [6.07, 6.45) is 0.869. The third kappa shape index (κ3) is 3.20. The van der Waals surface area contributed by atoms with Crippen LogP contribution in [-0.4, -0.2) is 17.0 Å². The molecule has 1 heterocycles. The van der Waals surface area contributed by atoms with Gasteiger partial charge >= 0.3 is 0 Å². The molecular weight excluding hydrogens is 440 g/mol. The van der Waals surface area contributed by atoms with Crippen molar-refractivity contribution in [2.24, 2.45) is 0 Å². The van der Waals surface area contributed by atoms with Gasteiger partial charge in [0.2, 0.25) is 0 Å². The van der Waals surface area contributed by atoms with Gasteiger partial charge in [0.25, 0.3) is 0 Å². The fourth-order valence-corrected chi connectivity index (χ4v) is 3.44. The number of hydrogen-bond acceptors (Lipinski definition) is 3. The van der Waals surface area contributed by atoms with Gasteiger partial charge in [-0.05, 0) is 63.1 Å². The lowest BCUT2D eigenvalue weighted by atomic mass is 10.2. The van der Waals surface area contributed by atoms with Gasteiger partial charge in [-0.25, -0.2) is 9.97 Å². The molecule has 0 saturated carbocycles. The number of benzene rings is 1. The zero-order valence-corrected chi connectivity index (χ0v) is 15.0. The van der Waals surface area contributed by atoms with Crippen LogP contribution in [0.4, 0.5) is 5.82 Å². The molecule has 100 valence electrons. The van der Waals surface area contributed by atoms with E-state index in [9.17, 15) is 0 Å². The summed E-state index contributed by atoms with van der Waals surface area (Å²) in [7, 11) is 1.87. The number of aryl methyl sites for hydroxylation is 1. The van der Waals surface area contributed by atoms with E-state index in [0.29, 0.717) is 10.8 Å². The molecule has 1 aromatic heterocycles. The van der Waals surface area contributed by atoms with Crippen molar-refractivity contribution in [3.05, 3.63) is 37.0 Å². The van der Waals surface area contributed by atoms with Crippen LogP contribution in [0.25, 0.3) is 11.4 Å². The number of nitrogens with zero attached hydrogens (tertiary/aromatic N) is 2. The molecule has 0 spiro atoms. The number of rotatable bonds is 3. The summed E-state index contributed by atoms with van der Waals surface area (Å²) in [5, 5.41) is 3.80. The Morgan fingerprint density at radius 1 is 1.37 bits per heavy atom. The van der Waals surface area contributed by atoms with Crippen molar-refractivity contribution in [2.45, 2.75) is 13.3 Å². The number of anilines is 1. The van der Waals surface area contributed by atoms with Gasteiger partial charge in [-0.15, -0.1) is 0 Å². The Labute approximate surface area is 139 Å². The van der Waals surface area contributed by atoms with E-state index in [1.807, 2.05) is 25.2 Å². The highest BCUT2D eigenvalue weighted by atomic mass is 127. The SMILES string of the molecule is CCc1nc(-c2ccc(Cl)cc2Br)nc(NC)c1I.